The van der Waals surface area contributed by atoms with Crippen molar-refractivity contribution in [3.05, 3.63) is 48.3 Å². The number of nitrogens with zero attached hydrogens (tertiary/aromatic N) is 1. The van der Waals surface area contributed by atoms with Crippen LogP contribution >= 0.6 is 34.9 Å². The number of halogens is 1. The van der Waals surface area contributed by atoms with Gasteiger partial charge in [-0.05, 0) is 60.9 Å². The molecule has 0 bridgehead atoms. The molecule has 0 unspecified atom stereocenters. The smallest absolute Gasteiger partial charge is 0.226 e. The van der Waals surface area contributed by atoms with Crippen molar-refractivity contribution in [2.24, 2.45) is 0 Å². The van der Waals surface area contributed by atoms with Gasteiger partial charge in [0.25, 0.3) is 0 Å². The van der Waals surface area contributed by atoms with E-state index in [-0.39, 0.29) is 11.7 Å². The number of hydrogen-bond donors (Lipinski definition) is 1. The van der Waals surface area contributed by atoms with Gasteiger partial charge in [0.05, 0.1) is 10.2 Å². The van der Waals surface area contributed by atoms with Gasteiger partial charge in [0.2, 0.25) is 5.91 Å². The number of carbonyl (C=O) groups excluding carboxylic acids is 1. The molecular formula is C18H17FN2OS3. The lowest BCUT2D eigenvalue weighted by atomic mass is 10.3. The van der Waals surface area contributed by atoms with Gasteiger partial charge in [-0.1, -0.05) is 11.3 Å². The SMILES string of the molecule is CSc1ccc2nc(NC(=O)CCCSc3ccc(F)cc3)sc2c1. The first-order valence-corrected chi connectivity index (χ1v) is 10.8. The van der Waals surface area contributed by atoms with E-state index in [9.17, 15) is 9.18 Å². The van der Waals surface area contributed by atoms with Crippen LogP contribution in [0.5, 0.6) is 0 Å². The first-order valence-electron chi connectivity index (χ1n) is 7.77. The first-order chi connectivity index (χ1) is 12.1. The second-order valence-electron chi connectivity index (χ2n) is 5.31. The molecule has 0 spiro atoms. The fourth-order valence-electron chi connectivity index (χ4n) is 2.22. The van der Waals surface area contributed by atoms with Crippen molar-refractivity contribution in [2.45, 2.75) is 22.6 Å². The maximum Gasteiger partial charge on any atom is 0.226 e. The van der Waals surface area contributed by atoms with Crippen LogP contribution in [-0.2, 0) is 4.79 Å². The molecule has 1 amide bonds. The van der Waals surface area contributed by atoms with E-state index in [1.807, 2.05) is 18.4 Å². The van der Waals surface area contributed by atoms with E-state index in [0.717, 1.165) is 27.3 Å². The molecular weight excluding hydrogens is 375 g/mol. The minimum Gasteiger partial charge on any atom is -0.302 e. The van der Waals surface area contributed by atoms with Crippen LogP contribution in [0.25, 0.3) is 10.2 Å². The lowest BCUT2D eigenvalue weighted by Crippen LogP contribution is -2.11. The molecule has 0 saturated heterocycles. The Labute approximate surface area is 158 Å². The van der Waals surface area contributed by atoms with Crippen LogP contribution in [0.4, 0.5) is 9.52 Å². The average Bonchev–Trinajstić information content (AvgIpc) is 3.01. The normalized spacial score (nSPS) is 11.0. The number of nitrogens with one attached hydrogen (secondary N) is 1. The van der Waals surface area contributed by atoms with Gasteiger partial charge in [-0.15, -0.1) is 23.5 Å². The minimum absolute atomic E-state index is 0.0242. The van der Waals surface area contributed by atoms with Gasteiger partial charge in [0, 0.05) is 16.2 Å². The zero-order chi connectivity index (χ0) is 17.6. The Bertz CT molecular complexity index is 864. The number of rotatable bonds is 7. The minimum atomic E-state index is -0.232. The lowest BCUT2D eigenvalue weighted by Gasteiger charge is -2.02. The monoisotopic (exact) mass is 392 g/mol. The predicted molar refractivity (Wildman–Crippen MR) is 106 cm³/mol. The zero-order valence-electron chi connectivity index (χ0n) is 13.6. The zero-order valence-corrected chi connectivity index (χ0v) is 16.1. The second-order valence-corrected chi connectivity index (χ2v) is 8.39. The maximum atomic E-state index is 12.8. The van der Waals surface area contributed by atoms with Gasteiger partial charge < -0.3 is 5.32 Å². The molecule has 2 aromatic carbocycles. The van der Waals surface area contributed by atoms with Crippen molar-refractivity contribution >= 4 is 56.1 Å². The van der Waals surface area contributed by atoms with Crippen LogP contribution in [0.15, 0.2) is 52.3 Å². The van der Waals surface area contributed by atoms with E-state index >= 15 is 0 Å². The average molecular weight is 393 g/mol. The number of thiazole rings is 1. The highest BCUT2D eigenvalue weighted by molar-refractivity contribution is 7.99. The van der Waals surface area contributed by atoms with Crippen molar-refractivity contribution in [2.75, 3.05) is 17.3 Å². The molecule has 3 aromatic rings. The van der Waals surface area contributed by atoms with Crippen molar-refractivity contribution in [3.8, 4) is 0 Å². The quantitative estimate of drug-likeness (QED) is 0.416. The molecule has 130 valence electrons. The third-order valence-corrected chi connectivity index (χ3v) is 6.23. The van der Waals surface area contributed by atoms with Gasteiger partial charge in [-0.3, -0.25) is 4.79 Å². The highest BCUT2D eigenvalue weighted by Gasteiger charge is 2.08. The van der Waals surface area contributed by atoms with Crippen LogP contribution in [0, 0.1) is 5.82 Å². The Kier molecular flexibility index (Phi) is 6.34. The van der Waals surface area contributed by atoms with E-state index in [2.05, 4.69) is 16.4 Å². The maximum absolute atomic E-state index is 12.8. The third-order valence-electron chi connectivity index (χ3n) is 3.47. The predicted octanol–water partition coefficient (Wildman–Crippen LogP) is 5.67. The molecule has 0 saturated carbocycles. The van der Waals surface area contributed by atoms with E-state index in [1.165, 1.54) is 28.4 Å². The Morgan fingerprint density at radius 2 is 1.96 bits per heavy atom. The highest BCUT2D eigenvalue weighted by atomic mass is 32.2. The summed E-state index contributed by atoms with van der Waals surface area (Å²) < 4.78 is 13.9. The van der Waals surface area contributed by atoms with E-state index in [1.54, 1.807) is 35.7 Å². The van der Waals surface area contributed by atoms with Crippen LogP contribution in [0.3, 0.4) is 0 Å². The summed E-state index contributed by atoms with van der Waals surface area (Å²) in [5.41, 5.74) is 0.907. The van der Waals surface area contributed by atoms with Gasteiger partial charge >= 0.3 is 0 Å². The number of aromatic nitrogens is 1. The first kappa shape index (κ1) is 18.2. The summed E-state index contributed by atoms with van der Waals surface area (Å²) in [4.78, 5) is 18.7. The van der Waals surface area contributed by atoms with Crippen molar-refractivity contribution < 1.29 is 9.18 Å². The summed E-state index contributed by atoms with van der Waals surface area (Å²) in [5.74, 6) is 0.559. The molecule has 0 radical (unpaired) electrons. The molecule has 0 aliphatic carbocycles. The summed E-state index contributed by atoms with van der Waals surface area (Å²) in [6, 6.07) is 12.5. The summed E-state index contributed by atoms with van der Waals surface area (Å²) in [6.07, 6.45) is 3.24. The topological polar surface area (TPSA) is 42.0 Å². The van der Waals surface area contributed by atoms with Gasteiger partial charge in [0.1, 0.15) is 5.82 Å². The Balaban J connectivity index is 1.46. The molecule has 1 heterocycles. The van der Waals surface area contributed by atoms with E-state index < -0.39 is 0 Å². The number of hydrogen-bond acceptors (Lipinski definition) is 5. The van der Waals surface area contributed by atoms with Crippen LogP contribution in [0.1, 0.15) is 12.8 Å². The highest BCUT2D eigenvalue weighted by Crippen LogP contribution is 2.29. The number of benzene rings is 2. The summed E-state index contributed by atoms with van der Waals surface area (Å²) >= 11 is 4.81. The number of fused-ring (bicyclic) bond motifs is 1. The summed E-state index contributed by atoms with van der Waals surface area (Å²) in [5, 5.41) is 3.52. The molecule has 0 aliphatic heterocycles. The van der Waals surface area contributed by atoms with Gasteiger partial charge in [-0.25, -0.2) is 9.37 Å². The fraction of sp³-hybridized carbons (Fsp3) is 0.222. The lowest BCUT2D eigenvalue weighted by molar-refractivity contribution is -0.116. The molecule has 7 heteroatoms. The standard InChI is InChI=1S/C18H17FN2OS3/c1-23-14-8-9-15-16(11-14)25-18(20-15)21-17(22)3-2-10-24-13-6-4-12(19)5-7-13/h4-9,11H,2-3,10H2,1H3,(H,20,21,22). The molecule has 3 nitrogen and oxygen atoms in total. The fourth-order valence-corrected chi connectivity index (χ4v) is 4.51. The summed E-state index contributed by atoms with van der Waals surface area (Å²) in [6.45, 7) is 0. The Morgan fingerprint density at radius 3 is 2.72 bits per heavy atom. The Hall–Kier alpha value is -1.57. The van der Waals surface area contributed by atoms with Gasteiger partial charge in [-0.2, -0.15) is 0 Å². The van der Waals surface area contributed by atoms with Crippen LogP contribution in [-0.4, -0.2) is 22.9 Å². The van der Waals surface area contributed by atoms with E-state index in [4.69, 9.17) is 0 Å². The molecule has 0 aliphatic rings. The molecule has 0 atom stereocenters. The van der Waals surface area contributed by atoms with Gasteiger partial charge in [0.15, 0.2) is 5.13 Å². The summed E-state index contributed by atoms with van der Waals surface area (Å²) in [7, 11) is 0. The molecule has 3 rings (SSSR count). The number of thioether (sulfide) groups is 2. The van der Waals surface area contributed by atoms with Crippen molar-refractivity contribution in [3.63, 3.8) is 0 Å². The largest absolute Gasteiger partial charge is 0.302 e. The molecule has 1 aromatic heterocycles. The number of anilines is 1. The molecule has 1 N–H and O–H groups in total. The number of amides is 1. The van der Waals surface area contributed by atoms with Crippen LogP contribution in [0.2, 0.25) is 0 Å². The molecule has 25 heavy (non-hydrogen) atoms. The van der Waals surface area contributed by atoms with E-state index in [0.29, 0.717) is 11.6 Å². The van der Waals surface area contributed by atoms with Crippen molar-refractivity contribution in [1.82, 2.24) is 4.98 Å². The van der Waals surface area contributed by atoms with Crippen LogP contribution < -0.4 is 5.32 Å². The number of carbonyl (C=O) groups is 1. The Morgan fingerprint density at radius 1 is 1.20 bits per heavy atom. The molecule has 0 fully saturated rings. The van der Waals surface area contributed by atoms with Crippen molar-refractivity contribution in [1.29, 1.82) is 0 Å². The second kappa shape index (κ2) is 8.69. The third kappa shape index (κ3) is 5.20.